The van der Waals surface area contributed by atoms with E-state index in [2.05, 4.69) is 15.2 Å². The average molecular weight is 454 g/mol. The summed E-state index contributed by atoms with van der Waals surface area (Å²) >= 11 is 6.05. The lowest BCUT2D eigenvalue weighted by Gasteiger charge is -2.30. The van der Waals surface area contributed by atoms with Gasteiger partial charge in [0.05, 0.1) is 37.3 Å². The summed E-state index contributed by atoms with van der Waals surface area (Å²) in [5, 5.41) is 5.94. The first kappa shape index (κ1) is 20.9. The third kappa shape index (κ3) is 3.76. The molecule has 0 saturated heterocycles. The van der Waals surface area contributed by atoms with Gasteiger partial charge in [0.15, 0.2) is 0 Å². The molecule has 0 amide bonds. The van der Waals surface area contributed by atoms with Crippen molar-refractivity contribution in [2.24, 2.45) is 0 Å². The van der Waals surface area contributed by atoms with Crippen LogP contribution >= 0.6 is 11.6 Å². The molecule has 1 aliphatic heterocycles. The number of alkyl halides is 3. The van der Waals surface area contributed by atoms with Gasteiger partial charge in [-0.15, -0.1) is 0 Å². The zero-order valence-electron chi connectivity index (χ0n) is 16.0. The summed E-state index contributed by atoms with van der Waals surface area (Å²) in [5.74, 6) is -0.343. The van der Waals surface area contributed by atoms with Crippen molar-refractivity contribution in [2.45, 2.75) is 19.3 Å². The summed E-state index contributed by atoms with van der Waals surface area (Å²) in [7, 11) is 1.25. The Kier molecular flexibility index (Phi) is 5.21. The number of rotatable bonds is 4. The molecule has 4 rings (SSSR count). The van der Waals surface area contributed by atoms with Gasteiger partial charge in [0, 0.05) is 18.7 Å². The van der Waals surface area contributed by atoms with Crippen molar-refractivity contribution < 1.29 is 22.7 Å². The van der Waals surface area contributed by atoms with Crippen LogP contribution in [0.25, 0.3) is 0 Å². The number of aromatic amines is 1. The van der Waals surface area contributed by atoms with Crippen LogP contribution in [0.15, 0.2) is 35.4 Å². The summed E-state index contributed by atoms with van der Waals surface area (Å²) in [6, 6.07) is 3.20. The van der Waals surface area contributed by atoms with Gasteiger partial charge in [-0.05, 0) is 18.2 Å². The van der Waals surface area contributed by atoms with E-state index >= 15 is 0 Å². The zero-order valence-corrected chi connectivity index (χ0v) is 16.8. The van der Waals surface area contributed by atoms with Crippen molar-refractivity contribution in [3.63, 3.8) is 0 Å². The maximum atomic E-state index is 13.5. The van der Waals surface area contributed by atoms with Crippen LogP contribution in [-0.4, -0.2) is 39.2 Å². The second-order valence-electron chi connectivity index (χ2n) is 6.77. The smallest absolute Gasteiger partial charge is 0.417 e. The molecule has 0 atom stereocenters. The lowest BCUT2D eigenvalue weighted by molar-refractivity contribution is -0.138. The van der Waals surface area contributed by atoms with Gasteiger partial charge in [-0.25, -0.2) is 10.1 Å². The molecule has 0 radical (unpaired) electrons. The Morgan fingerprint density at radius 3 is 2.74 bits per heavy atom. The minimum atomic E-state index is -4.73. The van der Waals surface area contributed by atoms with E-state index in [1.165, 1.54) is 25.6 Å². The van der Waals surface area contributed by atoms with Gasteiger partial charge in [0.25, 0.3) is 5.56 Å². The van der Waals surface area contributed by atoms with Crippen LogP contribution in [0, 0.1) is 0 Å². The van der Waals surface area contributed by atoms with Gasteiger partial charge in [-0.3, -0.25) is 9.59 Å². The molecule has 1 aliphatic rings. The molecule has 0 bridgehead atoms. The highest BCUT2D eigenvalue weighted by Gasteiger charge is 2.37. The van der Waals surface area contributed by atoms with Crippen molar-refractivity contribution in [3.05, 3.63) is 68.6 Å². The zero-order chi connectivity index (χ0) is 22.3. The molecule has 8 nitrogen and oxygen atoms in total. The number of carbonyl (C=O) groups excluding carboxylic acids is 1. The number of aromatic nitrogens is 4. The third-order valence-electron chi connectivity index (χ3n) is 4.99. The number of hydrogen-bond acceptors (Lipinski definition) is 6. The third-order valence-corrected chi connectivity index (χ3v) is 5.36. The molecule has 1 aromatic carbocycles. The van der Waals surface area contributed by atoms with Crippen LogP contribution in [-0.2, 0) is 19.3 Å². The number of fused-ring (bicyclic) bond motifs is 1. The van der Waals surface area contributed by atoms with Crippen molar-refractivity contribution in [3.8, 4) is 5.75 Å². The molecule has 0 fully saturated rings. The van der Waals surface area contributed by atoms with Gasteiger partial charge in [-0.2, -0.15) is 18.3 Å². The molecule has 2 aromatic heterocycles. The molecule has 1 N–H and O–H groups in total. The maximum Gasteiger partial charge on any atom is 0.417 e. The molecule has 162 valence electrons. The van der Waals surface area contributed by atoms with Crippen LogP contribution in [0.5, 0.6) is 5.75 Å². The molecular formula is C19H15ClF3N5O3. The fraction of sp³-hybridized carbons (Fsp3) is 0.263. The number of anilines is 1. The summed E-state index contributed by atoms with van der Waals surface area (Å²) in [5.41, 5.74) is -1.66. The standard InChI is InChI=1S/C19H15ClF3N5O3/c1-31-10-2-3-11(12(6-10)19(21,22)23)17(29)14-7-24-15-9-27(4-5-28(14)15)13-8-25-26-18(30)16(13)20/h2-3,6-8H,4-5,9H2,1H3,(H,26,30). The van der Waals surface area contributed by atoms with Gasteiger partial charge in [-0.1, -0.05) is 11.6 Å². The van der Waals surface area contributed by atoms with E-state index < -0.39 is 28.6 Å². The summed E-state index contributed by atoms with van der Waals surface area (Å²) in [6.07, 6.45) is -2.07. The van der Waals surface area contributed by atoms with E-state index in [0.717, 1.165) is 12.1 Å². The van der Waals surface area contributed by atoms with Gasteiger partial charge in [0.1, 0.15) is 22.3 Å². The summed E-state index contributed by atoms with van der Waals surface area (Å²) < 4.78 is 47.0. The van der Waals surface area contributed by atoms with Crippen LogP contribution < -0.4 is 15.2 Å². The minimum absolute atomic E-state index is 0.00170. The number of ether oxygens (including phenoxy) is 1. The van der Waals surface area contributed by atoms with E-state index in [0.29, 0.717) is 18.1 Å². The van der Waals surface area contributed by atoms with Gasteiger partial charge < -0.3 is 14.2 Å². The number of carbonyl (C=O) groups is 1. The van der Waals surface area contributed by atoms with Crippen LogP contribution in [0.3, 0.4) is 0 Å². The first-order valence-electron chi connectivity index (χ1n) is 9.03. The van der Waals surface area contributed by atoms with Gasteiger partial charge in [0.2, 0.25) is 5.78 Å². The Hall–Kier alpha value is -3.34. The van der Waals surface area contributed by atoms with Crippen molar-refractivity contribution in [1.82, 2.24) is 19.7 Å². The maximum absolute atomic E-state index is 13.5. The molecular weight excluding hydrogens is 439 g/mol. The molecule has 3 heterocycles. The van der Waals surface area contributed by atoms with Gasteiger partial charge >= 0.3 is 6.18 Å². The summed E-state index contributed by atoms with van der Waals surface area (Å²) in [6.45, 7) is 0.813. The number of nitrogens with one attached hydrogen (secondary N) is 1. The minimum Gasteiger partial charge on any atom is -0.497 e. The number of nitrogens with zero attached hydrogens (tertiary/aromatic N) is 4. The van der Waals surface area contributed by atoms with E-state index in [9.17, 15) is 22.8 Å². The van der Waals surface area contributed by atoms with E-state index in [1.807, 2.05) is 0 Å². The monoisotopic (exact) mass is 453 g/mol. The van der Waals surface area contributed by atoms with Crippen LogP contribution in [0.1, 0.15) is 27.4 Å². The predicted molar refractivity (Wildman–Crippen MR) is 105 cm³/mol. The molecule has 0 saturated carbocycles. The molecule has 3 aromatic rings. The van der Waals surface area contributed by atoms with Crippen molar-refractivity contribution in [2.75, 3.05) is 18.6 Å². The second kappa shape index (κ2) is 7.73. The van der Waals surface area contributed by atoms with Crippen LogP contribution in [0.4, 0.5) is 18.9 Å². The summed E-state index contributed by atoms with van der Waals surface area (Å²) in [4.78, 5) is 30.7. The Bertz CT molecular complexity index is 1220. The molecule has 0 unspecified atom stereocenters. The molecule has 0 spiro atoms. The first-order valence-corrected chi connectivity index (χ1v) is 9.41. The lowest BCUT2D eigenvalue weighted by atomic mass is 10.0. The predicted octanol–water partition coefficient (Wildman–Crippen LogP) is 2.90. The number of H-pyrrole nitrogens is 1. The highest BCUT2D eigenvalue weighted by atomic mass is 35.5. The van der Waals surface area contributed by atoms with E-state index in [-0.39, 0.29) is 29.6 Å². The molecule has 31 heavy (non-hydrogen) atoms. The number of hydrogen-bond donors (Lipinski definition) is 1. The normalized spacial score (nSPS) is 13.8. The Labute approximate surface area is 178 Å². The fourth-order valence-electron chi connectivity index (χ4n) is 3.46. The van der Waals surface area contributed by atoms with Crippen molar-refractivity contribution in [1.29, 1.82) is 0 Å². The topological polar surface area (TPSA) is 93.1 Å². The number of benzene rings is 1. The number of halogens is 4. The number of ketones is 1. The first-order chi connectivity index (χ1) is 14.7. The quantitative estimate of drug-likeness (QED) is 0.611. The Morgan fingerprint density at radius 2 is 2.03 bits per heavy atom. The highest BCUT2D eigenvalue weighted by Crippen LogP contribution is 2.36. The average Bonchev–Trinajstić information content (AvgIpc) is 3.17. The van der Waals surface area contributed by atoms with Crippen LogP contribution in [0.2, 0.25) is 5.02 Å². The fourth-order valence-corrected chi connectivity index (χ4v) is 3.67. The van der Waals surface area contributed by atoms with Crippen molar-refractivity contribution >= 4 is 23.1 Å². The Morgan fingerprint density at radius 1 is 1.26 bits per heavy atom. The highest BCUT2D eigenvalue weighted by molar-refractivity contribution is 6.33. The second-order valence-corrected chi connectivity index (χ2v) is 7.15. The number of methoxy groups -OCH3 is 1. The Balaban J connectivity index is 1.68. The molecule has 0 aliphatic carbocycles. The lowest BCUT2D eigenvalue weighted by Crippen LogP contribution is -2.36. The van der Waals surface area contributed by atoms with E-state index in [1.54, 1.807) is 9.47 Å². The largest absolute Gasteiger partial charge is 0.497 e. The SMILES string of the molecule is COc1ccc(C(=O)c2cnc3n2CCN(c2cn[nH]c(=O)c2Cl)C3)c(C(F)(F)F)c1. The molecule has 12 heteroatoms. The van der Waals surface area contributed by atoms with E-state index in [4.69, 9.17) is 16.3 Å². The number of imidazole rings is 1.